The number of carbonyl (C=O) groups is 1. The van der Waals surface area contributed by atoms with Crippen LogP contribution >= 0.6 is 11.6 Å². The average Bonchev–Trinajstić information content (AvgIpc) is 3.03. The zero-order valence-electron chi connectivity index (χ0n) is 13.8. The first kappa shape index (κ1) is 17.0. The lowest BCUT2D eigenvalue weighted by atomic mass is 10.2. The molecule has 1 amide bonds. The Hall–Kier alpha value is -2.79. The molecule has 5 nitrogen and oxygen atoms in total. The number of rotatable bonds is 6. The Bertz CT molecular complexity index is 862. The standard InChI is InChI=1S/C19H18ClN3O2/c1-14-11-16(7-8-17(14)20)25-13-19(24)21-18-9-10-23(22-18)12-15-5-3-2-4-6-15/h2-11H,12-13H2,1H3,(H,21,22,24). The van der Waals surface area contributed by atoms with Crippen LogP contribution < -0.4 is 10.1 Å². The van der Waals surface area contributed by atoms with Gasteiger partial charge in [-0.15, -0.1) is 0 Å². The van der Waals surface area contributed by atoms with Crippen molar-refractivity contribution < 1.29 is 9.53 Å². The third-order valence-corrected chi connectivity index (χ3v) is 4.02. The number of nitrogens with one attached hydrogen (secondary N) is 1. The van der Waals surface area contributed by atoms with Crippen LogP contribution in [0.5, 0.6) is 5.75 Å². The van der Waals surface area contributed by atoms with E-state index in [1.54, 1.807) is 28.9 Å². The first-order valence-electron chi connectivity index (χ1n) is 7.86. The Morgan fingerprint density at radius 1 is 1.20 bits per heavy atom. The highest BCUT2D eigenvalue weighted by Gasteiger charge is 2.07. The highest BCUT2D eigenvalue weighted by Crippen LogP contribution is 2.21. The number of benzene rings is 2. The number of carbonyl (C=O) groups excluding carboxylic acids is 1. The number of nitrogens with zero attached hydrogens (tertiary/aromatic N) is 2. The van der Waals surface area contributed by atoms with Gasteiger partial charge < -0.3 is 10.1 Å². The SMILES string of the molecule is Cc1cc(OCC(=O)Nc2ccn(Cc3ccccc3)n2)ccc1Cl. The van der Waals surface area contributed by atoms with Crippen LogP contribution in [0.1, 0.15) is 11.1 Å². The van der Waals surface area contributed by atoms with Crippen molar-refractivity contribution in [3.63, 3.8) is 0 Å². The van der Waals surface area contributed by atoms with Gasteiger partial charge in [0.05, 0.1) is 6.54 Å². The fraction of sp³-hybridized carbons (Fsp3) is 0.158. The molecule has 2 aromatic carbocycles. The number of amides is 1. The van der Waals surface area contributed by atoms with Crippen LogP contribution in [0.3, 0.4) is 0 Å². The van der Waals surface area contributed by atoms with Crippen LogP contribution in [0.4, 0.5) is 5.82 Å². The molecule has 0 aliphatic rings. The van der Waals surface area contributed by atoms with E-state index < -0.39 is 0 Å². The number of hydrogen-bond acceptors (Lipinski definition) is 3. The maximum absolute atomic E-state index is 12.0. The lowest BCUT2D eigenvalue weighted by Gasteiger charge is -2.07. The van der Waals surface area contributed by atoms with Crippen LogP contribution in [-0.2, 0) is 11.3 Å². The molecule has 25 heavy (non-hydrogen) atoms. The Morgan fingerprint density at radius 3 is 2.76 bits per heavy atom. The minimum Gasteiger partial charge on any atom is -0.484 e. The van der Waals surface area contributed by atoms with Crippen LogP contribution in [0, 0.1) is 6.92 Å². The number of ether oxygens (including phenoxy) is 1. The zero-order valence-corrected chi connectivity index (χ0v) is 14.5. The van der Waals surface area contributed by atoms with Crippen molar-refractivity contribution in [2.45, 2.75) is 13.5 Å². The molecule has 0 aliphatic heterocycles. The van der Waals surface area contributed by atoms with E-state index in [-0.39, 0.29) is 12.5 Å². The van der Waals surface area contributed by atoms with E-state index in [4.69, 9.17) is 16.3 Å². The van der Waals surface area contributed by atoms with E-state index in [2.05, 4.69) is 10.4 Å². The van der Waals surface area contributed by atoms with Crippen LogP contribution in [-0.4, -0.2) is 22.3 Å². The molecular weight excluding hydrogens is 338 g/mol. The summed E-state index contributed by atoms with van der Waals surface area (Å²) < 4.78 is 7.25. The van der Waals surface area contributed by atoms with Crippen molar-refractivity contribution in [3.8, 4) is 5.75 Å². The normalized spacial score (nSPS) is 10.5. The van der Waals surface area contributed by atoms with Crippen molar-refractivity contribution >= 4 is 23.3 Å². The molecule has 0 bridgehead atoms. The Labute approximate surface area is 151 Å². The van der Waals surface area contributed by atoms with E-state index in [1.807, 2.05) is 43.5 Å². The van der Waals surface area contributed by atoms with E-state index in [0.29, 0.717) is 23.1 Å². The molecule has 1 aromatic heterocycles. The molecule has 6 heteroatoms. The largest absolute Gasteiger partial charge is 0.484 e. The number of halogens is 1. The predicted molar refractivity (Wildman–Crippen MR) is 98.1 cm³/mol. The van der Waals surface area contributed by atoms with Gasteiger partial charge in [0.2, 0.25) is 0 Å². The Morgan fingerprint density at radius 2 is 2.00 bits per heavy atom. The zero-order chi connectivity index (χ0) is 17.6. The second-order valence-corrected chi connectivity index (χ2v) is 6.04. The summed E-state index contributed by atoms with van der Waals surface area (Å²) in [5.74, 6) is 0.834. The second kappa shape index (κ2) is 7.85. The highest BCUT2D eigenvalue weighted by molar-refractivity contribution is 6.31. The summed E-state index contributed by atoms with van der Waals surface area (Å²) in [7, 11) is 0. The molecule has 3 aromatic rings. The van der Waals surface area contributed by atoms with E-state index in [1.165, 1.54) is 0 Å². The van der Waals surface area contributed by atoms with Gasteiger partial charge >= 0.3 is 0 Å². The number of anilines is 1. The summed E-state index contributed by atoms with van der Waals surface area (Å²) in [4.78, 5) is 12.0. The molecule has 0 spiro atoms. The van der Waals surface area contributed by atoms with Gasteiger partial charge in [-0.25, -0.2) is 0 Å². The van der Waals surface area contributed by atoms with Crippen molar-refractivity contribution in [1.29, 1.82) is 0 Å². The number of aryl methyl sites for hydroxylation is 1. The van der Waals surface area contributed by atoms with Gasteiger partial charge in [-0.05, 0) is 36.2 Å². The molecule has 0 aliphatic carbocycles. The summed E-state index contributed by atoms with van der Waals surface area (Å²) in [6.45, 7) is 2.44. The molecule has 1 heterocycles. The van der Waals surface area contributed by atoms with Gasteiger partial charge in [0.1, 0.15) is 5.75 Å². The van der Waals surface area contributed by atoms with Gasteiger partial charge in [-0.2, -0.15) is 5.10 Å². The second-order valence-electron chi connectivity index (χ2n) is 5.63. The van der Waals surface area contributed by atoms with Crippen molar-refractivity contribution in [2.75, 3.05) is 11.9 Å². The van der Waals surface area contributed by atoms with E-state index >= 15 is 0 Å². The summed E-state index contributed by atoms with van der Waals surface area (Å²) >= 11 is 5.97. The maximum atomic E-state index is 12.0. The first-order chi connectivity index (χ1) is 12.1. The molecule has 0 radical (unpaired) electrons. The van der Waals surface area contributed by atoms with Gasteiger partial charge in [0.25, 0.3) is 5.91 Å². The molecule has 0 saturated heterocycles. The molecule has 0 atom stereocenters. The van der Waals surface area contributed by atoms with Crippen LogP contribution in [0.25, 0.3) is 0 Å². The molecule has 1 N–H and O–H groups in total. The smallest absolute Gasteiger partial charge is 0.263 e. The van der Waals surface area contributed by atoms with Crippen LogP contribution in [0.2, 0.25) is 5.02 Å². The third-order valence-electron chi connectivity index (χ3n) is 3.59. The summed E-state index contributed by atoms with van der Waals surface area (Å²) in [5, 5.41) is 7.73. The van der Waals surface area contributed by atoms with Crippen molar-refractivity contribution in [2.24, 2.45) is 0 Å². The monoisotopic (exact) mass is 355 g/mol. The molecule has 0 unspecified atom stereocenters. The molecular formula is C19H18ClN3O2. The molecule has 128 valence electrons. The lowest BCUT2D eigenvalue weighted by molar-refractivity contribution is -0.118. The fourth-order valence-electron chi connectivity index (χ4n) is 2.32. The number of hydrogen-bond donors (Lipinski definition) is 1. The van der Waals surface area contributed by atoms with Gasteiger partial charge in [0, 0.05) is 17.3 Å². The number of aromatic nitrogens is 2. The fourth-order valence-corrected chi connectivity index (χ4v) is 2.44. The first-order valence-corrected chi connectivity index (χ1v) is 8.24. The van der Waals surface area contributed by atoms with Gasteiger partial charge in [-0.1, -0.05) is 41.9 Å². The summed E-state index contributed by atoms with van der Waals surface area (Å²) in [6, 6.07) is 17.0. The van der Waals surface area contributed by atoms with Crippen molar-refractivity contribution in [3.05, 3.63) is 76.9 Å². The molecule has 0 fully saturated rings. The van der Waals surface area contributed by atoms with Crippen LogP contribution in [0.15, 0.2) is 60.8 Å². The summed E-state index contributed by atoms with van der Waals surface area (Å²) in [6.07, 6.45) is 1.83. The highest BCUT2D eigenvalue weighted by atomic mass is 35.5. The predicted octanol–water partition coefficient (Wildman–Crippen LogP) is 3.91. The minimum absolute atomic E-state index is 0.0907. The average molecular weight is 356 g/mol. The van der Waals surface area contributed by atoms with Gasteiger partial charge in [-0.3, -0.25) is 9.48 Å². The topological polar surface area (TPSA) is 56.1 Å². The minimum atomic E-state index is -0.266. The van der Waals surface area contributed by atoms with Crippen molar-refractivity contribution in [1.82, 2.24) is 9.78 Å². The maximum Gasteiger partial charge on any atom is 0.263 e. The quantitative estimate of drug-likeness (QED) is 0.729. The lowest BCUT2D eigenvalue weighted by Crippen LogP contribution is -2.20. The molecule has 3 rings (SSSR count). The van der Waals surface area contributed by atoms with Gasteiger partial charge in [0.15, 0.2) is 12.4 Å². The molecule has 0 saturated carbocycles. The van der Waals surface area contributed by atoms with E-state index in [0.717, 1.165) is 11.1 Å². The Kier molecular flexibility index (Phi) is 5.36. The summed E-state index contributed by atoms with van der Waals surface area (Å²) in [5.41, 5.74) is 2.05. The third kappa shape index (κ3) is 4.84. The Balaban J connectivity index is 1.52. The van der Waals surface area contributed by atoms with E-state index in [9.17, 15) is 4.79 Å².